The number of H-pyrrole nitrogens is 1. The van der Waals surface area contributed by atoms with Crippen molar-refractivity contribution in [2.45, 2.75) is 18.7 Å². The molecule has 31 heavy (non-hydrogen) atoms. The van der Waals surface area contributed by atoms with Crippen LogP contribution in [0.1, 0.15) is 21.6 Å². The summed E-state index contributed by atoms with van der Waals surface area (Å²) in [4.78, 5) is 17.0. The number of anilines is 2. The fourth-order valence-corrected chi connectivity index (χ4v) is 4.21. The van der Waals surface area contributed by atoms with Gasteiger partial charge in [0.25, 0.3) is 15.9 Å². The summed E-state index contributed by atoms with van der Waals surface area (Å²) in [7, 11) is -4.03. The number of nitrogens with one attached hydrogen (secondary N) is 3. The smallest absolute Gasteiger partial charge is 0.261 e. The predicted molar refractivity (Wildman–Crippen MR) is 115 cm³/mol. The predicted octanol–water partition coefficient (Wildman–Crippen LogP) is 3.77. The van der Waals surface area contributed by atoms with Crippen molar-refractivity contribution < 1.29 is 17.6 Å². The first-order valence-electron chi connectivity index (χ1n) is 9.25. The molecular weight excluding hydrogens is 421 g/mol. The van der Waals surface area contributed by atoms with Crippen LogP contribution >= 0.6 is 0 Å². The molecule has 0 spiro atoms. The normalized spacial score (nSPS) is 11.5. The van der Waals surface area contributed by atoms with Crippen molar-refractivity contribution in [3.63, 3.8) is 0 Å². The van der Waals surface area contributed by atoms with Crippen LogP contribution in [0.5, 0.6) is 0 Å². The fraction of sp³-hybridized carbons (Fsp3) is 0.0952. The second-order valence-electron chi connectivity index (χ2n) is 6.96. The molecule has 0 radical (unpaired) electrons. The monoisotopic (exact) mass is 439 g/mol. The summed E-state index contributed by atoms with van der Waals surface area (Å²) < 4.78 is 41.5. The molecule has 2 aromatic carbocycles. The lowest BCUT2D eigenvalue weighted by Crippen LogP contribution is -2.19. The number of halogens is 1. The lowest BCUT2D eigenvalue weighted by molar-refractivity contribution is 0.102. The lowest BCUT2D eigenvalue weighted by Gasteiger charge is -2.13. The second kappa shape index (κ2) is 7.80. The van der Waals surface area contributed by atoms with Gasteiger partial charge in [0, 0.05) is 11.1 Å². The van der Waals surface area contributed by atoms with E-state index in [0.29, 0.717) is 11.3 Å². The first kappa shape index (κ1) is 20.5. The summed E-state index contributed by atoms with van der Waals surface area (Å²) in [6.45, 7) is 3.31. The summed E-state index contributed by atoms with van der Waals surface area (Å²) in [5.41, 5.74) is 2.18. The zero-order valence-corrected chi connectivity index (χ0v) is 17.4. The third-order valence-corrected chi connectivity index (χ3v) is 6.08. The van der Waals surface area contributed by atoms with Crippen molar-refractivity contribution in [3.8, 4) is 0 Å². The van der Waals surface area contributed by atoms with Crippen LogP contribution in [-0.4, -0.2) is 29.5 Å². The molecular formula is C21H18FN5O3S. The molecule has 0 bridgehead atoms. The molecule has 0 saturated carbocycles. The molecule has 0 aliphatic rings. The number of benzene rings is 2. The Morgan fingerprint density at radius 3 is 2.65 bits per heavy atom. The number of hydrogen-bond acceptors (Lipinski definition) is 5. The second-order valence-corrected chi connectivity index (χ2v) is 8.64. The summed E-state index contributed by atoms with van der Waals surface area (Å²) in [6.07, 6.45) is 1.47. The van der Waals surface area contributed by atoms with Gasteiger partial charge >= 0.3 is 0 Å². The van der Waals surface area contributed by atoms with E-state index < -0.39 is 21.7 Å². The Hall–Kier alpha value is -3.79. The number of nitrogens with zero attached hydrogens (tertiary/aromatic N) is 2. The Labute approximate surface area is 177 Å². The Morgan fingerprint density at radius 2 is 1.87 bits per heavy atom. The van der Waals surface area contributed by atoms with Crippen LogP contribution in [0.3, 0.4) is 0 Å². The molecule has 0 aliphatic carbocycles. The molecule has 2 heterocycles. The zero-order valence-electron chi connectivity index (χ0n) is 16.6. The van der Waals surface area contributed by atoms with Gasteiger partial charge in [0.15, 0.2) is 5.65 Å². The van der Waals surface area contributed by atoms with Crippen molar-refractivity contribution in [2.24, 2.45) is 0 Å². The maximum absolute atomic E-state index is 13.5. The quantitative estimate of drug-likeness (QED) is 0.438. The highest BCUT2D eigenvalue weighted by Crippen LogP contribution is 2.23. The van der Waals surface area contributed by atoms with Crippen LogP contribution < -0.4 is 10.0 Å². The molecule has 158 valence electrons. The standard InChI is InChI=1S/C21H18FN5O3S/c1-12-9-15(7-8-18(12)22)31(29,30)27-19-6-4-3-5-16(19)21(28)24-14-10-17-13(2)25-26-20(17)23-11-14/h3-11,27H,1-2H3,(H,24,28)(H,23,25,26). The average molecular weight is 439 g/mol. The van der Waals surface area contributed by atoms with Gasteiger partial charge < -0.3 is 5.32 Å². The third kappa shape index (κ3) is 4.10. The molecule has 1 amide bonds. The number of amides is 1. The number of pyridine rings is 1. The summed E-state index contributed by atoms with van der Waals surface area (Å²) in [5.74, 6) is -1.02. The van der Waals surface area contributed by atoms with Gasteiger partial charge in [-0.2, -0.15) is 5.10 Å². The number of rotatable bonds is 5. The number of aromatic nitrogens is 3. The molecule has 8 nitrogen and oxygen atoms in total. The number of fused-ring (bicyclic) bond motifs is 1. The van der Waals surface area contributed by atoms with Crippen LogP contribution in [0.15, 0.2) is 59.6 Å². The molecule has 0 saturated heterocycles. The van der Waals surface area contributed by atoms with Gasteiger partial charge in [-0.1, -0.05) is 12.1 Å². The van der Waals surface area contributed by atoms with Crippen LogP contribution in [0, 0.1) is 19.7 Å². The van der Waals surface area contributed by atoms with Crippen LogP contribution in [0.2, 0.25) is 0 Å². The van der Waals surface area contributed by atoms with E-state index in [-0.39, 0.29) is 21.7 Å². The number of para-hydroxylation sites is 1. The molecule has 10 heteroatoms. The molecule has 4 aromatic rings. The minimum Gasteiger partial charge on any atom is -0.321 e. The Morgan fingerprint density at radius 1 is 1.10 bits per heavy atom. The van der Waals surface area contributed by atoms with Crippen molar-refractivity contribution in [3.05, 3.63) is 77.4 Å². The van der Waals surface area contributed by atoms with E-state index in [1.807, 2.05) is 6.92 Å². The maximum atomic E-state index is 13.5. The van der Waals surface area contributed by atoms with E-state index in [4.69, 9.17) is 0 Å². The SMILES string of the molecule is Cc1cc(S(=O)(=O)Nc2ccccc2C(=O)Nc2cnc3n[nH]c(C)c3c2)ccc1F. The van der Waals surface area contributed by atoms with E-state index in [9.17, 15) is 17.6 Å². The van der Waals surface area contributed by atoms with Gasteiger partial charge in [0.05, 0.1) is 28.0 Å². The van der Waals surface area contributed by atoms with Gasteiger partial charge in [-0.05, 0) is 55.8 Å². The average Bonchev–Trinajstić information content (AvgIpc) is 3.10. The maximum Gasteiger partial charge on any atom is 0.261 e. The molecule has 3 N–H and O–H groups in total. The van der Waals surface area contributed by atoms with Crippen molar-refractivity contribution >= 4 is 38.3 Å². The summed E-state index contributed by atoms with van der Waals surface area (Å²) >= 11 is 0. The number of carbonyl (C=O) groups excluding carboxylic acids is 1. The number of carbonyl (C=O) groups is 1. The van der Waals surface area contributed by atoms with Crippen LogP contribution in [-0.2, 0) is 10.0 Å². The number of hydrogen-bond donors (Lipinski definition) is 3. The highest BCUT2D eigenvalue weighted by atomic mass is 32.2. The van der Waals surface area contributed by atoms with Gasteiger partial charge in [0.2, 0.25) is 0 Å². The Kier molecular flexibility index (Phi) is 5.15. The van der Waals surface area contributed by atoms with Gasteiger partial charge in [-0.25, -0.2) is 17.8 Å². The van der Waals surface area contributed by atoms with E-state index >= 15 is 0 Å². The Bertz CT molecular complexity index is 1420. The van der Waals surface area contributed by atoms with Crippen LogP contribution in [0.25, 0.3) is 11.0 Å². The molecule has 0 atom stereocenters. The minimum atomic E-state index is -4.03. The number of aromatic amines is 1. The highest BCUT2D eigenvalue weighted by Gasteiger charge is 2.20. The first-order valence-corrected chi connectivity index (χ1v) is 10.7. The van der Waals surface area contributed by atoms with Crippen LogP contribution in [0.4, 0.5) is 15.8 Å². The number of sulfonamides is 1. The van der Waals surface area contributed by atoms with Gasteiger partial charge in [-0.3, -0.25) is 14.6 Å². The molecule has 0 fully saturated rings. The third-order valence-electron chi connectivity index (χ3n) is 4.71. The van der Waals surface area contributed by atoms with Crippen molar-refractivity contribution in [1.29, 1.82) is 0 Å². The van der Waals surface area contributed by atoms with E-state index in [1.165, 1.54) is 37.4 Å². The summed E-state index contributed by atoms with van der Waals surface area (Å²) in [6, 6.07) is 11.4. The molecule has 2 aromatic heterocycles. The largest absolute Gasteiger partial charge is 0.321 e. The highest BCUT2D eigenvalue weighted by molar-refractivity contribution is 7.92. The van der Waals surface area contributed by atoms with Crippen molar-refractivity contribution in [2.75, 3.05) is 10.0 Å². The first-order chi connectivity index (χ1) is 14.7. The number of aryl methyl sites for hydroxylation is 2. The van der Waals surface area contributed by atoms with E-state index in [2.05, 4.69) is 25.2 Å². The fourth-order valence-electron chi connectivity index (χ4n) is 3.04. The van der Waals surface area contributed by atoms with E-state index in [0.717, 1.165) is 17.1 Å². The molecule has 0 aliphatic heterocycles. The molecule has 4 rings (SSSR count). The van der Waals surface area contributed by atoms with E-state index in [1.54, 1.807) is 18.2 Å². The topological polar surface area (TPSA) is 117 Å². The minimum absolute atomic E-state index is 0.0931. The zero-order chi connectivity index (χ0) is 22.2. The summed E-state index contributed by atoms with van der Waals surface area (Å²) in [5, 5.41) is 10.3. The molecule has 0 unspecified atom stereocenters. The van der Waals surface area contributed by atoms with Crippen molar-refractivity contribution in [1.82, 2.24) is 15.2 Å². The van der Waals surface area contributed by atoms with Gasteiger partial charge in [-0.15, -0.1) is 0 Å². The lowest BCUT2D eigenvalue weighted by atomic mass is 10.1. The van der Waals surface area contributed by atoms with Gasteiger partial charge in [0.1, 0.15) is 5.82 Å². The Balaban J connectivity index is 1.62.